The van der Waals surface area contributed by atoms with Gasteiger partial charge in [0.1, 0.15) is 18.2 Å². The summed E-state index contributed by atoms with van der Waals surface area (Å²) in [6, 6.07) is 12.5. The summed E-state index contributed by atoms with van der Waals surface area (Å²) < 4.78 is 10.5. The van der Waals surface area contributed by atoms with Gasteiger partial charge in [0.25, 0.3) is 0 Å². The van der Waals surface area contributed by atoms with Gasteiger partial charge in [-0.15, -0.1) is 0 Å². The van der Waals surface area contributed by atoms with Gasteiger partial charge in [0.2, 0.25) is 0 Å². The number of carboxylic acids is 1. The molecule has 0 spiro atoms. The molecule has 6 heteroatoms. The molecule has 0 aliphatic carbocycles. The zero-order chi connectivity index (χ0) is 15.8. The van der Waals surface area contributed by atoms with Gasteiger partial charge in [-0.25, -0.2) is 9.78 Å². The molecule has 0 unspecified atom stereocenters. The number of aromatic nitrogens is 1. The van der Waals surface area contributed by atoms with E-state index in [1.54, 1.807) is 19.2 Å². The molecule has 22 heavy (non-hydrogen) atoms. The summed E-state index contributed by atoms with van der Waals surface area (Å²) in [5.74, 6) is 0.242. The number of hydrogen-bond donors (Lipinski definition) is 2. The number of anilines is 1. The van der Waals surface area contributed by atoms with E-state index in [0.29, 0.717) is 25.6 Å². The molecule has 0 fully saturated rings. The lowest BCUT2D eigenvalue weighted by molar-refractivity contribution is 0.0690. The first-order valence-electron chi connectivity index (χ1n) is 6.84. The van der Waals surface area contributed by atoms with Gasteiger partial charge in [-0.05, 0) is 29.8 Å². The maximum absolute atomic E-state index is 10.9. The third-order valence-corrected chi connectivity index (χ3v) is 2.90. The average Bonchev–Trinajstić information content (AvgIpc) is 2.54. The SMILES string of the molecule is COCCOc1cccc(CNc2cccc(C(=O)O)n2)c1. The lowest BCUT2D eigenvalue weighted by atomic mass is 10.2. The Balaban J connectivity index is 1.95. The van der Waals surface area contributed by atoms with Gasteiger partial charge in [0.05, 0.1) is 6.61 Å². The Labute approximate surface area is 128 Å². The van der Waals surface area contributed by atoms with Crippen LogP contribution in [0.5, 0.6) is 5.75 Å². The van der Waals surface area contributed by atoms with Crippen molar-refractivity contribution < 1.29 is 19.4 Å². The van der Waals surface area contributed by atoms with E-state index in [0.717, 1.165) is 11.3 Å². The molecule has 2 rings (SSSR count). The number of methoxy groups -OCH3 is 1. The lowest BCUT2D eigenvalue weighted by Gasteiger charge is -2.09. The van der Waals surface area contributed by atoms with Crippen LogP contribution in [0.25, 0.3) is 0 Å². The van der Waals surface area contributed by atoms with E-state index in [9.17, 15) is 4.79 Å². The highest BCUT2D eigenvalue weighted by Crippen LogP contribution is 2.15. The molecule has 116 valence electrons. The number of rotatable bonds is 8. The molecule has 0 bridgehead atoms. The number of carboxylic acid groups (broad SMARTS) is 1. The van der Waals surface area contributed by atoms with Crippen LogP contribution in [0.15, 0.2) is 42.5 Å². The monoisotopic (exact) mass is 302 g/mol. The van der Waals surface area contributed by atoms with Crippen molar-refractivity contribution in [1.29, 1.82) is 0 Å². The molecule has 2 aromatic rings. The summed E-state index contributed by atoms with van der Waals surface area (Å²) in [6.07, 6.45) is 0. The molecule has 0 aliphatic rings. The van der Waals surface area contributed by atoms with Crippen molar-refractivity contribution in [2.24, 2.45) is 0 Å². The first-order chi connectivity index (χ1) is 10.7. The van der Waals surface area contributed by atoms with Gasteiger partial charge in [0.15, 0.2) is 5.69 Å². The lowest BCUT2D eigenvalue weighted by Crippen LogP contribution is -2.06. The van der Waals surface area contributed by atoms with E-state index in [2.05, 4.69) is 10.3 Å². The molecule has 0 radical (unpaired) electrons. The van der Waals surface area contributed by atoms with E-state index >= 15 is 0 Å². The Bertz CT molecular complexity index is 631. The first kappa shape index (κ1) is 15.8. The number of hydrogen-bond acceptors (Lipinski definition) is 5. The fourth-order valence-corrected chi connectivity index (χ4v) is 1.83. The molecular formula is C16H18N2O4. The Hall–Kier alpha value is -2.60. The van der Waals surface area contributed by atoms with Crippen LogP contribution >= 0.6 is 0 Å². The summed E-state index contributed by atoms with van der Waals surface area (Å²) in [6.45, 7) is 1.56. The molecule has 2 N–H and O–H groups in total. The second-order valence-corrected chi connectivity index (χ2v) is 4.56. The molecule has 0 atom stereocenters. The van der Waals surface area contributed by atoms with Crippen molar-refractivity contribution in [1.82, 2.24) is 4.98 Å². The maximum atomic E-state index is 10.9. The molecule has 0 aliphatic heterocycles. The minimum atomic E-state index is -1.04. The van der Waals surface area contributed by atoms with Crippen LogP contribution in [0, 0.1) is 0 Å². The highest BCUT2D eigenvalue weighted by molar-refractivity contribution is 5.85. The van der Waals surface area contributed by atoms with Gasteiger partial charge in [-0.3, -0.25) is 0 Å². The van der Waals surface area contributed by atoms with Crippen LogP contribution in [0.4, 0.5) is 5.82 Å². The van der Waals surface area contributed by atoms with Crippen LogP contribution in [-0.4, -0.2) is 36.4 Å². The number of ether oxygens (including phenoxy) is 2. The summed E-state index contributed by atoms with van der Waals surface area (Å²) in [4.78, 5) is 14.9. The first-order valence-corrected chi connectivity index (χ1v) is 6.84. The van der Waals surface area contributed by atoms with E-state index in [-0.39, 0.29) is 5.69 Å². The smallest absolute Gasteiger partial charge is 0.354 e. The van der Waals surface area contributed by atoms with Gasteiger partial charge >= 0.3 is 5.97 Å². The van der Waals surface area contributed by atoms with E-state index < -0.39 is 5.97 Å². The predicted octanol–water partition coefficient (Wildman–Crippen LogP) is 2.42. The van der Waals surface area contributed by atoms with Gasteiger partial charge in [-0.2, -0.15) is 0 Å². The molecule has 0 amide bonds. The molecule has 1 heterocycles. The molecule has 0 saturated carbocycles. The van der Waals surface area contributed by atoms with E-state index in [1.807, 2.05) is 24.3 Å². The largest absolute Gasteiger partial charge is 0.491 e. The van der Waals surface area contributed by atoms with Crippen molar-refractivity contribution in [3.8, 4) is 5.75 Å². The fraction of sp³-hybridized carbons (Fsp3) is 0.250. The third kappa shape index (κ3) is 4.75. The Morgan fingerprint density at radius 3 is 2.82 bits per heavy atom. The molecule has 1 aromatic heterocycles. The second kappa shape index (κ2) is 7.99. The number of nitrogens with zero attached hydrogens (tertiary/aromatic N) is 1. The Morgan fingerprint density at radius 2 is 2.05 bits per heavy atom. The number of pyridine rings is 1. The van der Waals surface area contributed by atoms with E-state index in [4.69, 9.17) is 14.6 Å². The number of aromatic carboxylic acids is 1. The quantitative estimate of drug-likeness (QED) is 0.729. The second-order valence-electron chi connectivity index (χ2n) is 4.56. The average molecular weight is 302 g/mol. The zero-order valence-corrected chi connectivity index (χ0v) is 12.3. The van der Waals surface area contributed by atoms with Crippen LogP contribution < -0.4 is 10.1 Å². The van der Waals surface area contributed by atoms with Crippen LogP contribution in [-0.2, 0) is 11.3 Å². The van der Waals surface area contributed by atoms with Crippen LogP contribution in [0.3, 0.4) is 0 Å². The summed E-state index contributed by atoms with van der Waals surface area (Å²) in [5, 5.41) is 12.0. The minimum absolute atomic E-state index is 0.0154. The molecular weight excluding hydrogens is 284 g/mol. The zero-order valence-electron chi connectivity index (χ0n) is 12.3. The summed E-state index contributed by atoms with van der Waals surface area (Å²) in [5.41, 5.74) is 1.03. The molecule has 6 nitrogen and oxygen atoms in total. The van der Waals surface area contributed by atoms with Crippen molar-refractivity contribution in [3.63, 3.8) is 0 Å². The van der Waals surface area contributed by atoms with Crippen molar-refractivity contribution in [3.05, 3.63) is 53.7 Å². The molecule has 1 aromatic carbocycles. The third-order valence-electron chi connectivity index (χ3n) is 2.90. The predicted molar refractivity (Wildman–Crippen MR) is 82.3 cm³/mol. The highest BCUT2D eigenvalue weighted by Gasteiger charge is 2.05. The number of carbonyl (C=O) groups is 1. The van der Waals surface area contributed by atoms with E-state index in [1.165, 1.54) is 6.07 Å². The maximum Gasteiger partial charge on any atom is 0.354 e. The van der Waals surface area contributed by atoms with Gasteiger partial charge in [-0.1, -0.05) is 18.2 Å². The normalized spacial score (nSPS) is 10.2. The minimum Gasteiger partial charge on any atom is -0.491 e. The van der Waals surface area contributed by atoms with Crippen molar-refractivity contribution in [2.75, 3.05) is 25.6 Å². The standard InChI is InChI=1S/C16H18N2O4/c1-21-8-9-22-13-5-2-4-12(10-13)11-17-15-7-3-6-14(18-15)16(19)20/h2-7,10H,8-9,11H2,1H3,(H,17,18)(H,19,20). The Morgan fingerprint density at radius 1 is 1.23 bits per heavy atom. The van der Waals surface area contributed by atoms with Crippen molar-refractivity contribution >= 4 is 11.8 Å². The number of benzene rings is 1. The fourth-order valence-electron chi connectivity index (χ4n) is 1.83. The topological polar surface area (TPSA) is 80.7 Å². The number of nitrogens with one attached hydrogen (secondary N) is 1. The van der Waals surface area contributed by atoms with Gasteiger partial charge in [0, 0.05) is 13.7 Å². The molecule has 0 saturated heterocycles. The highest BCUT2D eigenvalue weighted by atomic mass is 16.5. The Kier molecular flexibility index (Phi) is 5.73. The van der Waals surface area contributed by atoms with Crippen LogP contribution in [0.2, 0.25) is 0 Å². The van der Waals surface area contributed by atoms with Crippen molar-refractivity contribution in [2.45, 2.75) is 6.54 Å². The van der Waals surface area contributed by atoms with Gasteiger partial charge < -0.3 is 19.9 Å². The summed E-state index contributed by atoms with van der Waals surface area (Å²) in [7, 11) is 1.63. The van der Waals surface area contributed by atoms with Crippen LogP contribution in [0.1, 0.15) is 16.1 Å². The summed E-state index contributed by atoms with van der Waals surface area (Å²) >= 11 is 0.